The molecule has 1 aliphatic carbocycles. The first-order chi connectivity index (χ1) is 12.1. The summed E-state index contributed by atoms with van der Waals surface area (Å²) in [6.07, 6.45) is 7.27. The molecule has 0 heterocycles. The van der Waals surface area contributed by atoms with Crippen molar-refractivity contribution in [3.05, 3.63) is 34.4 Å². The summed E-state index contributed by atoms with van der Waals surface area (Å²) in [5, 5.41) is 10.9. The Labute approximate surface area is 146 Å². The molecule has 0 bridgehead atoms. The van der Waals surface area contributed by atoms with E-state index >= 15 is 0 Å². The molecule has 0 atom stereocenters. The minimum atomic E-state index is -0.583. The number of rotatable bonds is 7. The summed E-state index contributed by atoms with van der Waals surface area (Å²) in [4.78, 5) is 33.7. The second kappa shape index (κ2) is 9.61. The van der Waals surface area contributed by atoms with E-state index in [1.165, 1.54) is 50.3 Å². The lowest BCUT2D eigenvalue weighted by Gasteiger charge is -2.21. The first kappa shape index (κ1) is 18.7. The van der Waals surface area contributed by atoms with Crippen LogP contribution < -0.4 is 15.6 Å². The van der Waals surface area contributed by atoms with Crippen LogP contribution in [0.3, 0.4) is 0 Å². The van der Waals surface area contributed by atoms with Gasteiger partial charge in [-0.05, 0) is 18.4 Å². The number of nitro groups is 1. The molecule has 0 unspecified atom stereocenters. The maximum absolute atomic E-state index is 11.8. The Morgan fingerprint density at radius 2 is 1.80 bits per heavy atom. The molecule has 0 aliphatic heterocycles. The van der Waals surface area contributed by atoms with E-state index in [0.717, 1.165) is 6.42 Å². The molecular formula is C17H23N3O5. The predicted octanol–water partition coefficient (Wildman–Crippen LogP) is 2.48. The van der Waals surface area contributed by atoms with Crippen LogP contribution in [-0.4, -0.2) is 23.3 Å². The van der Waals surface area contributed by atoms with E-state index in [2.05, 4.69) is 10.9 Å². The fourth-order valence-electron chi connectivity index (χ4n) is 2.92. The summed E-state index contributed by atoms with van der Waals surface area (Å²) >= 11 is 0. The van der Waals surface area contributed by atoms with E-state index in [9.17, 15) is 19.7 Å². The average molecular weight is 349 g/mol. The van der Waals surface area contributed by atoms with Crippen LogP contribution in [0, 0.1) is 16.0 Å². The summed E-state index contributed by atoms with van der Waals surface area (Å²) in [5.41, 5.74) is 4.38. The number of nitrogens with zero attached hydrogens (tertiary/aromatic N) is 1. The molecule has 25 heavy (non-hydrogen) atoms. The Balaban J connectivity index is 1.66. The van der Waals surface area contributed by atoms with Crippen molar-refractivity contribution in [3.63, 3.8) is 0 Å². The number of benzene rings is 1. The number of para-hydroxylation sites is 2. The third-order valence-corrected chi connectivity index (χ3v) is 4.27. The van der Waals surface area contributed by atoms with Crippen molar-refractivity contribution >= 4 is 17.5 Å². The maximum Gasteiger partial charge on any atom is 0.310 e. The molecule has 0 saturated heterocycles. The Kier molecular flexibility index (Phi) is 7.18. The number of carbonyl (C=O) groups excluding carboxylic acids is 2. The highest BCUT2D eigenvalue weighted by molar-refractivity contribution is 5.82. The quantitative estimate of drug-likeness (QED) is 0.580. The highest BCUT2D eigenvalue weighted by Gasteiger charge is 2.16. The number of nitro benzene ring substituents is 1. The van der Waals surface area contributed by atoms with Gasteiger partial charge in [0, 0.05) is 12.5 Å². The number of ether oxygens (including phenoxy) is 1. The van der Waals surface area contributed by atoms with Gasteiger partial charge in [-0.15, -0.1) is 0 Å². The Morgan fingerprint density at radius 1 is 1.12 bits per heavy atom. The Morgan fingerprint density at radius 3 is 2.52 bits per heavy atom. The number of amides is 2. The molecule has 1 aromatic carbocycles. The Hall–Kier alpha value is -2.64. The van der Waals surface area contributed by atoms with Gasteiger partial charge >= 0.3 is 5.69 Å². The lowest BCUT2D eigenvalue weighted by Crippen LogP contribution is -2.43. The molecule has 136 valence electrons. The summed E-state index contributed by atoms with van der Waals surface area (Å²) in [6, 6.07) is 5.79. The van der Waals surface area contributed by atoms with Gasteiger partial charge in [-0.2, -0.15) is 0 Å². The first-order valence-electron chi connectivity index (χ1n) is 8.50. The van der Waals surface area contributed by atoms with Gasteiger partial charge in [-0.25, -0.2) is 0 Å². The summed E-state index contributed by atoms with van der Waals surface area (Å²) in [5.74, 6) is -0.225. The molecule has 1 aromatic rings. The molecule has 2 rings (SSSR count). The van der Waals surface area contributed by atoms with Gasteiger partial charge in [0.15, 0.2) is 12.4 Å². The van der Waals surface area contributed by atoms with Crippen LogP contribution in [-0.2, 0) is 9.59 Å². The largest absolute Gasteiger partial charge is 0.477 e. The molecule has 1 saturated carbocycles. The first-order valence-corrected chi connectivity index (χ1v) is 8.50. The molecule has 1 aliphatic rings. The van der Waals surface area contributed by atoms with Crippen LogP contribution >= 0.6 is 0 Å². The maximum atomic E-state index is 11.8. The van der Waals surface area contributed by atoms with Crippen LogP contribution in [0.25, 0.3) is 0 Å². The second-order valence-corrected chi connectivity index (χ2v) is 6.15. The lowest BCUT2D eigenvalue weighted by atomic mass is 9.86. The van der Waals surface area contributed by atoms with Crippen molar-refractivity contribution in [3.8, 4) is 5.75 Å². The van der Waals surface area contributed by atoms with E-state index in [0.29, 0.717) is 12.3 Å². The SMILES string of the molecule is O=C(CCC1CCCCC1)NNC(=O)COc1ccccc1[N+](=O)[O-]. The van der Waals surface area contributed by atoms with E-state index in [1.54, 1.807) is 6.07 Å². The minimum absolute atomic E-state index is 0.00581. The van der Waals surface area contributed by atoms with Crippen molar-refractivity contribution in [2.24, 2.45) is 5.92 Å². The second-order valence-electron chi connectivity index (χ2n) is 6.15. The fraction of sp³-hybridized carbons (Fsp3) is 0.529. The normalized spacial score (nSPS) is 14.6. The van der Waals surface area contributed by atoms with Gasteiger partial charge in [0.2, 0.25) is 5.91 Å². The van der Waals surface area contributed by atoms with Crippen molar-refractivity contribution in [2.45, 2.75) is 44.9 Å². The molecule has 2 amide bonds. The molecule has 1 fully saturated rings. The van der Waals surface area contributed by atoms with E-state index in [4.69, 9.17) is 4.74 Å². The molecule has 0 spiro atoms. The highest BCUT2D eigenvalue weighted by Crippen LogP contribution is 2.27. The summed E-state index contributed by atoms with van der Waals surface area (Å²) in [7, 11) is 0. The van der Waals surface area contributed by atoms with Crippen molar-refractivity contribution in [2.75, 3.05) is 6.61 Å². The lowest BCUT2D eigenvalue weighted by molar-refractivity contribution is -0.385. The van der Waals surface area contributed by atoms with Crippen molar-refractivity contribution in [1.82, 2.24) is 10.9 Å². The molecular weight excluding hydrogens is 326 g/mol. The molecule has 8 heteroatoms. The highest BCUT2D eigenvalue weighted by atomic mass is 16.6. The number of hydrogen-bond donors (Lipinski definition) is 2. The monoisotopic (exact) mass is 349 g/mol. The summed E-state index contributed by atoms with van der Waals surface area (Å²) < 4.78 is 5.14. The molecule has 8 nitrogen and oxygen atoms in total. The van der Waals surface area contributed by atoms with Gasteiger partial charge in [0.25, 0.3) is 5.91 Å². The van der Waals surface area contributed by atoms with Crippen molar-refractivity contribution < 1.29 is 19.2 Å². The van der Waals surface area contributed by atoms with Crippen LogP contribution in [0.2, 0.25) is 0 Å². The van der Waals surface area contributed by atoms with Crippen molar-refractivity contribution in [1.29, 1.82) is 0 Å². The third-order valence-electron chi connectivity index (χ3n) is 4.27. The Bertz CT molecular complexity index is 614. The average Bonchev–Trinajstić information content (AvgIpc) is 2.64. The van der Waals surface area contributed by atoms with Crippen LogP contribution in [0.1, 0.15) is 44.9 Å². The standard InChI is InChI=1S/C17H23N3O5/c21-16(11-10-13-6-2-1-3-7-13)18-19-17(22)12-25-15-9-5-4-8-14(15)20(23)24/h4-5,8-9,13H,1-3,6-7,10-12H2,(H,18,21)(H,19,22). The van der Waals surface area contributed by atoms with Crippen LogP contribution in [0.5, 0.6) is 5.75 Å². The number of nitrogens with one attached hydrogen (secondary N) is 2. The van der Waals surface area contributed by atoms with E-state index in [-0.39, 0.29) is 17.3 Å². The van der Waals surface area contributed by atoms with E-state index < -0.39 is 17.4 Å². The van der Waals surface area contributed by atoms with E-state index in [1.807, 2.05) is 0 Å². The molecule has 2 N–H and O–H groups in total. The van der Waals surface area contributed by atoms with Gasteiger partial charge in [-0.3, -0.25) is 30.6 Å². The van der Waals surface area contributed by atoms with Gasteiger partial charge < -0.3 is 4.74 Å². The predicted molar refractivity (Wildman–Crippen MR) is 90.7 cm³/mol. The van der Waals surface area contributed by atoms with Crippen LogP contribution in [0.15, 0.2) is 24.3 Å². The zero-order valence-corrected chi connectivity index (χ0v) is 14.0. The van der Waals surface area contributed by atoms with Gasteiger partial charge in [-0.1, -0.05) is 44.2 Å². The topological polar surface area (TPSA) is 111 Å². The van der Waals surface area contributed by atoms with Crippen LogP contribution in [0.4, 0.5) is 5.69 Å². The fourth-order valence-corrected chi connectivity index (χ4v) is 2.92. The third kappa shape index (κ3) is 6.40. The molecule has 0 aromatic heterocycles. The number of hydrogen-bond acceptors (Lipinski definition) is 5. The van der Waals surface area contributed by atoms with Gasteiger partial charge in [0.05, 0.1) is 4.92 Å². The zero-order chi connectivity index (χ0) is 18.1. The minimum Gasteiger partial charge on any atom is -0.477 e. The number of carbonyl (C=O) groups is 2. The number of hydrazine groups is 1. The van der Waals surface area contributed by atoms with Gasteiger partial charge in [0.1, 0.15) is 0 Å². The zero-order valence-electron chi connectivity index (χ0n) is 14.0. The summed E-state index contributed by atoms with van der Waals surface area (Å²) in [6.45, 7) is -0.423. The smallest absolute Gasteiger partial charge is 0.310 e. The molecule has 0 radical (unpaired) electrons.